The van der Waals surface area contributed by atoms with Crippen LogP contribution < -0.4 is 5.32 Å². The van der Waals surface area contributed by atoms with E-state index in [0.29, 0.717) is 25.9 Å². The van der Waals surface area contributed by atoms with Crippen LogP contribution in [0.4, 0.5) is 9.59 Å². The first-order chi connectivity index (χ1) is 12.6. The molecule has 2 heterocycles. The molecule has 0 aromatic heterocycles. The number of likely N-dealkylation sites (tertiary alicyclic amines) is 2. The van der Waals surface area contributed by atoms with Crippen molar-refractivity contribution in [2.75, 3.05) is 26.7 Å². The van der Waals surface area contributed by atoms with E-state index in [1.807, 2.05) is 0 Å². The molecule has 152 valence electrons. The second-order valence-corrected chi connectivity index (χ2v) is 7.65. The van der Waals surface area contributed by atoms with Gasteiger partial charge in [0.15, 0.2) is 0 Å². The maximum atomic E-state index is 13.0. The number of aliphatic carboxylic acids is 1. The number of ether oxygens (including phenoxy) is 1. The topological polar surface area (TPSA) is 136 Å². The number of hydrogen-bond acceptors (Lipinski definition) is 5. The third kappa shape index (κ3) is 4.42. The average Bonchev–Trinajstić information content (AvgIpc) is 2.98. The molecule has 0 radical (unpaired) electrons. The quantitative estimate of drug-likeness (QED) is 0.651. The van der Waals surface area contributed by atoms with E-state index in [-0.39, 0.29) is 18.9 Å². The van der Waals surface area contributed by atoms with E-state index in [1.165, 1.54) is 16.9 Å². The number of nitrogens with zero attached hydrogens (tertiary/aromatic N) is 2. The van der Waals surface area contributed by atoms with Crippen molar-refractivity contribution < 1.29 is 34.1 Å². The molecule has 10 heteroatoms. The Morgan fingerprint density at radius 2 is 1.74 bits per heavy atom. The molecular formula is C17H27N3O7. The molecule has 2 aliphatic rings. The summed E-state index contributed by atoms with van der Waals surface area (Å²) in [7, 11) is 1.19. The Bertz CT molecular complexity index is 614. The van der Waals surface area contributed by atoms with E-state index in [4.69, 9.17) is 5.11 Å². The number of hydrogen-bond donors (Lipinski definition) is 3. The Kier molecular flexibility index (Phi) is 6.17. The number of carbonyl (C=O) groups excluding carboxylic acids is 2. The standard InChI is InChI=1S/C17H27N3O7/c1-10(2)12(18-15(24)27-3)13(21)20-9-17(8-11(20)14(22)23)4-6-19(7-5-17)16(25)26/h10-12H,4-9H2,1-3H3,(H,18,24)(H,22,23)(H,25,26)/t11?,12-/m0/s1. The van der Waals surface area contributed by atoms with Gasteiger partial charge in [-0.3, -0.25) is 4.79 Å². The molecule has 10 nitrogen and oxygen atoms in total. The van der Waals surface area contributed by atoms with E-state index in [1.54, 1.807) is 13.8 Å². The first-order valence-corrected chi connectivity index (χ1v) is 8.96. The van der Waals surface area contributed by atoms with Gasteiger partial charge in [0.05, 0.1) is 7.11 Å². The summed E-state index contributed by atoms with van der Waals surface area (Å²) in [5.41, 5.74) is -0.419. The summed E-state index contributed by atoms with van der Waals surface area (Å²) in [6.45, 7) is 4.38. The van der Waals surface area contributed by atoms with Crippen LogP contribution in [-0.4, -0.2) is 82.9 Å². The number of alkyl carbamates (subject to hydrolysis) is 1. The molecule has 0 aliphatic carbocycles. The van der Waals surface area contributed by atoms with Crippen molar-refractivity contribution in [3.05, 3.63) is 0 Å². The number of methoxy groups -OCH3 is 1. The van der Waals surface area contributed by atoms with Gasteiger partial charge < -0.3 is 30.1 Å². The van der Waals surface area contributed by atoms with Gasteiger partial charge in [-0.05, 0) is 30.6 Å². The third-order valence-electron chi connectivity index (χ3n) is 5.56. The first-order valence-electron chi connectivity index (χ1n) is 8.96. The zero-order valence-corrected chi connectivity index (χ0v) is 15.8. The number of carboxylic acid groups (broad SMARTS) is 2. The molecular weight excluding hydrogens is 358 g/mol. The summed E-state index contributed by atoms with van der Waals surface area (Å²) >= 11 is 0. The van der Waals surface area contributed by atoms with Gasteiger partial charge in [0.2, 0.25) is 5.91 Å². The van der Waals surface area contributed by atoms with Gasteiger partial charge in [0.25, 0.3) is 0 Å². The number of piperidine rings is 1. The van der Waals surface area contributed by atoms with E-state index in [2.05, 4.69) is 10.1 Å². The van der Waals surface area contributed by atoms with Crippen LogP contribution in [0, 0.1) is 11.3 Å². The molecule has 3 N–H and O–H groups in total. The fourth-order valence-electron chi connectivity index (χ4n) is 3.92. The zero-order chi connectivity index (χ0) is 20.4. The van der Waals surface area contributed by atoms with Crippen LogP contribution in [0.15, 0.2) is 0 Å². The fraction of sp³-hybridized carbons (Fsp3) is 0.765. The Balaban J connectivity index is 2.19. The average molecular weight is 385 g/mol. The van der Waals surface area contributed by atoms with Crippen LogP contribution in [0.3, 0.4) is 0 Å². The van der Waals surface area contributed by atoms with Crippen molar-refractivity contribution in [2.45, 2.75) is 45.2 Å². The molecule has 0 aromatic rings. The Hall–Kier alpha value is -2.52. The van der Waals surface area contributed by atoms with Gasteiger partial charge >= 0.3 is 18.2 Å². The number of nitrogens with one attached hydrogen (secondary N) is 1. The lowest BCUT2D eigenvalue weighted by molar-refractivity contribution is -0.149. The zero-order valence-electron chi connectivity index (χ0n) is 15.8. The van der Waals surface area contributed by atoms with Crippen LogP contribution in [0.5, 0.6) is 0 Å². The lowest BCUT2D eigenvalue weighted by Crippen LogP contribution is -2.54. The maximum absolute atomic E-state index is 13.0. The van der Waals surface area contributed by atoms with Gasteiger partial charge in [-0.15, -0.1) is 0 Å². The number of carboxylic acids is 1. The highest BCUT2D eigenvalue weighted by molar-refractivity contribution is 5.90. The first kappa shape index (κ1) is 20.8. The number of amides is 3. The van der Waals surface area contributed by atoms with Gasteiger partial charge in [-0.25, -0.2) is 14.4 Å². The van der Waals surface area contributed by atoms with Crippen molar-refractivity contribution in [2.24, 2.45) is 11.3 Å². The molecule has 0 bridgehead atoms. The molecule has 0 saturated carbocycles. The normalized spacial score (nSPS) is 22.6. The highest BCUT2D eigenvalue weighted by atomic mass is 16.5. The molecule has 1 unspecified atom stereocenters. The van der Waals surface area contributed by atoms with E-state index < -0.39 is 41.6 Å². The Morgan fingerprint density at radius 1 is 1.15 bits per heavy atom. The summed E-state index contributed by atoms with van der Waals surface area (Å²) in [5.74, 6) is -1.81. The molecule has 2 saturated heterocycles. The summed E-state index contributed by atoms with van der Waals surface area (Å²) in [6, 6.07) is -1.89. The van der Waals surface area contributed by atoms with E-state index in [0.717, 1.165) is 0 Å². The van der Waals surface area contributed by atoms with E-state index >= 15 is 0 Å². The van der Waals surface area contributed by atoms with Crippen LogP contribution in [0.1, 0.15) is 33.1 Å². The van der Waals surface area contributed by atoms with Crippen molar-refractivity contribution in [3.63, 3.8) is 0 Å². The van der Waals surface area contributed by atoms with E-state index in [9.17, 15) is 24.3 Å². The lowest BCUT2D eigenvalue weighted by atomic mass is 9.76. The second kappa shape index (κ2) is 8.01. The van der Waals surface area contributed by atoms with Crippen LogP contribution in [-0.2, 0) is 14.3 Å². The lowest BCUT2D eigenvalue weighted by Gasteiger charge is -2.38. The summed E-state index contributed by atoms with van der Waals surface area (Å²) in [6.07, 6.45) is -0.456. The van der Waals surface area contributed by atoms with Gasteiger partial charge in [-0.2, -0.15) is 0 Å². The maximum Gasteiger partial charge on any atom is 0.407 e. The van der Waals surface area contributed by atoms with Gasteiger partial charge in [0.1, 0.15) is 12.1 Å². The smallest absolute Gasteiger partial charge is 0.407 e. The van der Waals surface area contributed by atoms with Crippen molar-refractivity contribution in [3.8, 4) is 0 Å². The SMILES string of the molecule is COC(=O)N[C@H](C(=O)N1CC2(CCN(C(=O)O)CC2)CC1C(=O)O)C(C)C. The molecule has 2 rings (SSSR count). The van der Waals surface area contributed by atoms with Crippen molar-refractivity contribution in [1.29, 1.82) is 0 Å². The number of rotatable bonds is 4. The van der Waals surface area contributed by atoms with Crippen molar-refractivity contribution in [1.82, 2.24) is 15.1 Å². The number of carbonyl (C=O) groups is 4. The summed E-state index contributed by atoms with van der Waals surface area (Å²) in [5, 5.41) is 21.2. The highest BCUT2D eigenvalue weighted by Crippen LogP contribution is 2.43. The summed E-state index contributed by atoms with van der Waals surface area (Å²) < 4.78 is 4.56. The molecule has 2 fully saturated rings. The molecule has 27 heavy (non-hydrogen) atoms. The largest absolute Gasteiger partial charge is 0.480 e. The van der Waals surface area contributed by atoms with Crippen LogP contribution in [0.25, 0.3) is 0 Å². The van der Waals surface area contributed by atoms with Crippen LogP contribution >= 0.6 is 0 Å². The molecule has 0 aromatic carbocycles. The second-order valence-electron chi connectivity index (χ2n) is 7.65. The molecule has 1 spiro atoms. The summed E-state index contributed by atoms with van der Waals surface area (Å²) in [4.78, 5) is 50.1. The highest BCUT2D eigenvalue weighted by Gasteiger charge is 2.51. The minimum Gasteiger partial charge on any atom is -0.480 e. The van der Waals surface area contributed by atoms with Gasteiger partial charge in [0, 0.05) is 19.6 Å². The molecule has 2 aliphatic heterocycles. The fourth-order valence-corrected chi connectivity index (χ4v) is 3.92. The monoisotopic (exact) mass is 385 g/mol. The third-order valence-corrected chi connectivity index (χ3v) is 5.56. The minimum absolute atomic E-state index is 0.238. The molecule has 2 atom stereocenters. The molecule has 3 amide bonds. The predicted octanol–water partition coefficient (Wildman–Crippen LogP) is 0.813. The predicted molar refractivity (Wildman–Crippen MR) is 93.2 cm³/mol. The van der Waals surface area contributed by atoms with Crippen LogP contribution in [0.2, 0.25) is 0 Å². The Labute approximate surface area is 157 Å². The van der Waals surface area contributed by atoms with Gasteiger partial charge in [-0.1, -0.05) is 13.8 Å². The Morgan fingerprint density at radius 3 is 2.19 bits per heavy atom. The van der Waals surface area contributed by atoms with Crippen molar-refractivity contribution >= 4 is 24.1 Å². The minimum atomic E-state index is -1.10.